The number of nitrogen functional groups attached to an aromatic ring is 1. The summed E-state index contributed by atoms with van der Waals surface area (Å²) >= 11 is 0. The summed E-state index contributed by atoms with van der Waals surface area (Å²) in [6.07, 6.45) is 0. The number of hydrogen-bond acceptors (Lipinski definition) is 27. The molecule has 0 aliphatic rings. The van der Waals surface area contributed by atoms with Crippen LogP contribution in [0.15, 0.2) is 72.8 Å². The van der Waals surface area contributed by atoms with Crippen LogP contribution in [0.1, 0.15) is 16.7 Å². The van der Waals surface area contributed by atoms with Crippen molar-refractivity contribution in [3.8, 4) is 0 Å². The van der Waals surface area contributed by atoms with Gasteiger partial charge in [-0.15, -0.1) is 0 Å². The number of anilines is 12. The molecule has 0 radical (unpaired) electrons. The van der Waals surface area contributed by atoms with Crippen LogP contribution in [0.3, 0.4) is 0 Å². The molecule has 3 heterocycles. The van der Waals surface area contributed by atoms with E-state index in [9.17, 15) is 40.9 Å². The fourth-order valence-corrected chi connectivity index (χ4v) is 7.06. The maximum Gasteiger partial charge on any atom is 0.233 e. The fraction of sp³-hybridized carbons (Fsp3) is 0.413. The Morgan fingerprint density at radius 1 is 0.315 bits per heavy atom. The van der Waals surface area contributed by atoms with Crippen molar-refractivity contribution in [3.63, 3.8) is 0 Å². The summed E-state index contributed by atoms with van der Waals surface area (Å²) in [5.74, 6) is 2.08. The molecule has 0 aliphatic carbocycles. The van der Waals surface area contributed by atoms with Crippen molar-refractivity contribution in [2.45, 2.75) is 19.6 Å². The van der Waals surface area contributed by atoms with Gasteiger partial charge in [-0.2, -0.15) is 44.9 Å². The average Bonchev–Trinajstić information content (AvgIpc) is 3.40. The van der Waals surface area contributed by atoms with Crippen molar-refractivity contribution in [1.82, 2.24) is 44.9 Å². The van der Waals surface area contributed by atoms with E-state index in [0.29, 0.717) is 42.6 Å². The van der Waals surface area contributed by atoms with Gasteiger partial charge in [0.15, 0.2) is 0 Å². The molecule has 392 valence electrons. The van der Waals surface area contributed by atoms with E-state index in [1.165, 1.54) is 0 Å². The highest BCUT2D eigenvalue weighted by Crippen LogP contribution is 2.23. The molecule has 0 aliphatic heterocycles. The summed E-state index contributed by atoms with van der Waals surface area (Å²) in [6.45, 7) is 0.752. The summed E-state index contributed by atoms with van der Waals surface area (Å²) in [6, 6.07) is 22.5. The Hall–Kier alpha value is -7.63. The predicted molar refractivity (Wildman–Crippen MR) is 277 cm³/mol. The van der Waals surface area contributed by atoms with Crippen LogP contribution in [-0.2, 0) is 19.6 Å². The Bertz CT molecular complexity index is 2320. The summed E-state index contributed by atoms with van der Waals surface area (Å²) < 4.78 is 0. The maximum absolute atomic E-state index is 9.66. The molecule has 6 aromatic rings. The monoisotopic (exact) mass is 1010 g/mol. The third-order valence-electron chi connectivity index (χ3n) is 10.7. The van der Waals surface area contributed by atoms with Crippen LogP contribution in [0.25, 0.3) is 0 Å². The molecule has 27 heteroatoms. The van der Waals surface area contributed by atoms with E-state index < -0.39 is 0 Å². The molecule has 0 fully saturated rings. The number of nitrogens with zero attached hydrogens (tertiary/aromatic N) is 13. The van der Waals surface area contributed by atoms with Gasteiger partial charge in [0.2, 0.25) is 53.5 Å². The van der Waals surface area contributed by atoms with Gasteiger partial charge in [0.1, 0.15) is 0 Å². The summed E-state index contributed by atoms with van der Waals surface area (Å²) in [7, 11) is 0. The largest absolute Gasteiger partial charge is 0.399 e. The average molecular weight is 1010 g/mol. The number of rotatable bonds is 33. The summed E-state index contributed by atoms with van der Waals surface area (Å²) in [5, 5.41) is 93.5. The lowest BCUT2D eigenvalue weighted by atomic mass is 10.2. The van der Waals surface area contributed by atoms with Crippen molar-refractivity contribution in [1.29, 1.82) is 0 Å². The Kier molecular flexibility index (Phi) is 21.7. The molecule has 3 aromatic carbocycles. The highest BCUT2D eigenvalue weighted by Gasteiger charge is 2.20. The van der Waals surface area contributed by atoms with Gasteiger partial charge < -0.3 is 92.8 Å². The van der Waals surface area contributed by atoms with Gasteiger partial charge >= 0.3 is 0 Å². The molecule has 15 N–H and O–H groups in total. The van der Waals surface area contributed by atoms with E-state index in [-0.39, 0.29) is 153 Å². The quantitative estimate of drug-likeness (QED) is 0.0227. The number of nitrogens with two attached hydrogens (primary N) is 1. The number of benzene rings is 3. The Morgan fingerprint density at radius 2 is 0.562 bits per heavy atom. The SMILES string of the molecule is Nc1ccc(CNc2nc(Nc3ccc(CNc4nc(N(CCO)CCO)nc(N(CCO)CCO)n4)cc3)nc(Nc3ccc(CNc4nc(N(CCO)CCO)nc(N(CCO)CCO)n4)cc3)n2)cc1. The molecule has 3 aromatic heterocycles. The van der Waals surface area contributed by atoms with Crippen LogP contribution < -0.4 is 51.9 Å². The number of aromatic nitrogens is 9. The second kappa shape index (κ2) is 29.0. The van der Waals surface area contributed by atoms with Crippen LogP contribution >= 0.6 is 0 Å². The van der Waals surface area contributed by atoms with Gasteiger partial charge in [-0.1, -0.05) is 36.4 Å². The van der Waals surface area contributed by atoms with Gasteiger partial charge in [0.25, 0.3) is 0 Å². The van der Waals surface area contributed by atoms with Gasteiger partial charge in [-0.25, -0.2) is 0 Å². The second-order valence-corrected chi connectivity index (χ2v) is 16.0. The molecular weight excluding hydrogens is 947 g/mol. The molecule has 0 bridgehead atoms. The van der Waals surface area contributed by atoms with E-state index in [1.54, 1.807) is 19.6 Å². The van der Waals surface area contributed by atoms with Gasteiger partial charge in [-0.3, -0.25) is 0 Å². The van der Waals surface area contributed by atoms with E-state index in [1.807, 2.05) is 72.8 Å². The second-order valence-electron chi connectivity index (χ2n) is 16.0. The van der Waals surface area contributed by atoms with Crippen molar-refractivity contribution >= 4 is 70.6 Å². The molecule has 0 saturated carbocycles. The van der Waals surface area contributed by atoms with Crippen molar-refractivity contribution in [3.05, 3.63) is 89.5 Å². The maximum atomic E-state index is 9.66. The third kappa shape index (κ3) is 17.0. The smallest absolute Gasteiger partial charge is 0.233 e. The normalized spacial score (nSPS) is 11.0. The summed E-state index contributed by atoms with van der Waals surface area (Å²) in [5.41, 5.74) is 10.6. The first-order chi connectivity index (χ1) is 35.7. The third-order valence-corrected chi connectivity index (χ3v) is 10.7. The van der Waals surface area contributed by atoms with Gasteiger partial charge in [-0.05, 0) is 53.1 Å². The topological polar surface area (TPSA) is 377 Å². The van der Waals surface area contributed by atoms with Crippen LogP contribution in [-0.4, -0.2) is 191 Å². The number of nitrogens with one attached hydrogen (secondary N) is 5. The van der Waals surface area contributed by atoms with Crippen molar-refractivity contribution in [2.24, 2.45) is 0 Å². The number of hydrogen-bond donors (Lipinski definition) is 14. The van der Waals surface area contributed by atoms with Gasteiger partial charge in [0.05, 0.1) is 52.9 Å². The first-order valence-electron chi connectivity index (χ1n) is 23.6. The van der Waals surface area contributed by atoms with Crippen LogP contribution in [0.5, 0.6) is 0 Å². The van der Waals surface area contributed by atoms with E-state index >= 15 is 0 Å². The van der Waals surface area contributed by atoms with Crippen LogP contribution in [0.4, 0.5) is 70.6 Å². The number of aliphatic hydroxyl groups excluding tert-OH is 8. The molecular formula is C46H65N19O8. The highest BCUT2D eigenvalue weighted by atomic mass is 16.3. The first-order valence-corrected chi connectivity index (χ1v) is 23.6. The van der Waals surface area contributed by atoms with Gasteiger partial charge in [0, 0.05) is 89.1 Å². The van der Waals surface area contributed by atoms with Crippen LogP contribution in [0, 0.1) is 0 Å². The summed E-state index contributed by atoms with van der Waals surface area (Å²) in [4.78, 5) is 47.6. The lowest BCUT2D eigenvalue weighted by Crippen LogP contribution is -2.35. The minimum Gasteiger partial charge on any atom is -0.399 e. The van der Waals surface area contributed by atoms with Crippen LogP contribution in [0.2, 0.25) is 0 Å². The number of aliphatic hydroxyl groups is 8. The molecule has 0 atom stereocenters. The Labute approximate surface area is 421 Å². The van der Waals surface area contributed by atoms with E-state index in [0.717, 1.165) is 16.7 Å². The lowest BCUT2D eigenvalue weighted by Gasteiger charge is -2.25. The standard InChI is InChI=1S/C46H65N19O8/c47-35-7-1-32(2-8-35)29-48-38-53-41(51-36-9-3-33(4-10-36)30-49-39-56-43(62(13-21-66)14-22-67)60-44(57-39)63(15-23-68)16-24-69)55-42(54-38)52-37-11-5-34(6-12-37)31-50-40-58-45(64(17-25-70)18-26-71)61-46(59-40)65(19-27-72)20-28-73/h1-12,66-73H,13-31,47H2,(H,49,56,57,60)(H,50,58,59,61)(H3,48,51,52,53,54,55). The molecule has 0 saturated heterocycles. The predicted octanol–water partition coefficient (Wildman–Crippen LogP) is -0.689. The minimum absolute atomic E-state index is 0.165. The minimum atomic E-state index is -0.199. The van der Waals surface area contributed by atoms with E-state index in [4.69, 9.17) is 5.73 Å². The molecule has 73 heavy (non-hydrogen) atoms. The zero-order valence-corrected chi connectivity index (χ0v) is 40.3. The molecule has 0 spiro atoms. The van der Waals surface area contributed by atoms with Crippen molar-refractivity contribution in [2.75, 3.05) is 157 Å². The Balaban J connectivity index is 1.17. The molecule has 6 rings (SSSR count). The first kappa shape index (κ1) is 54.7. The Morgan fingerprint density at radius 3 is 0.836 bits per heavy atom. The molecule has 0 amide bonds. The zero-order valence-electron chi connectivity index (χ0n) is 40.3. The lowest BCUT2D eigenvalue weighted by molar-refractivity contribution is 0.278. The highest BCUT2D eigenvalue weighted by molar-refractivity contribution is 5.60. The van der Waals surface area contributed by atoms with E-state index in [2.05, 4.69) is 71.4 Å². The molecule has 27 nitrogen and oxygen atoms in total. The van der Waals surface area contributed by atoms with Crippen molar-refractivity contribution < 1.29 is 40.9 Å². The molecule has 0 unspecified atom stereocenters. The zero-order chi connectivity index (χ0) is 51.8. The fourth-order valence-electron chi connectivity index (χ4n) is 7.06.